The summed E-state index contributed by atoms with van der Waals surface area (Å²) in [5.41, 5.74) is 3.93. The minimum atomic E-state index is -0.824. The van der Waals surface area contributed by atoms with E-state index in [4.69, 9.17) is 11.6 Å². The van der Waals surface area contributed by atoms with Gasteiger partial charge in [0.25, 0.3) is 0 Å². The van der Waals surface area contributed by atoms with Crippen molar-refractivity contribution in [2.24, 2.45) is 5.10 Å². The third-order valence-corrected chi connectivity index (χ3v) is 4.02. The molecule has 0 unspecified atom stereocenters. The standard InChI is InChI=1S/C20H16ClN3O2/c21-17-10-8-14(9-11-17)12-22-19(25)20(26)24-23-13-16-6-3-5-15-4-1-2-7-18(15)16/h1-11,13H,12H2,(H,22,25)(H,24,26)/b23-13-. The minimum Gasteiger partial charge on any atom is -0.344 e. The lowest BCUT2D eigenvalue weighted by Crippen LogP contribution is -2.37. The van der Waals surface area contributed by atoms with Gasteiger partial charge in [0.05, 0.1) is 6.21 Å². The van der Waals surface area contributed by atoms with Gasteiger partial charge < -0.3 is 5.32 Å². The van der Waals surface area contributed by atoms with Crippen LogP contribution in [0, 0.1) is 0 Å². The summed E-state index contributed by atoms with van der Waals surface area (Å²) in [5.74, 6) is -1.58. The van der Waals surface area contributed by atoms with E-state index < -0.39 is 11.8 Å². The molecule has 0 atom stereocenters. The number of rotatable bonds is 4. The van der Waals surface area contributed by atoms with E-state index in [1.54, 1.807) is 24.3 Å². The molecular weight excluding hydrogens is 350 g/mol. The molecule has 0 saturated carbocycles. The minimum absolute atomic E-state index is 0.233. The van der Waals surface area contributed by atoms with Gasteiger partial charge >= 0.3 is 11.8 Å². The Hall–Kier alpha value is -3.18. The number of hydrogen-bond donors (Lipinski definition) is 2. The average molecular weight is 366 g/mol. The number of halogens is 1. The van der Waals surface area contributed by atoms with Crippen LogP contribution in [0.5, 0.6) is 0 Å². The zero-order chi connectivity index (χ0) is 18.4. The van der Waals surface area contributed by atoms with Gasteiger partial charge in [-0.2, -0.15) is 5.10 Å². The van der Waals surface area contributed by atoms with Crippen LogP contribution in [0.15, 0.2) is 71.8 Å². The Kier molecular flexibility index (Phi) is 5.61. The van der Waals surface area contributed by atoms with Crippen molar-refractivity contribution in [2.75, 3.05) is 0 Å². The van der Waals surface area contributed by atoms with E-state index in [0.717, 1.165) is 21.9 Å². The van der Waals surface area contributed by atoms with Gasteiger partial charge in [-0.3, -0.25) is 9.59 Å². The molecule has 2 N–H and O–H groups in total. The number of benzene rings is 3. The Morgan fingerprint density at radius 2 is 1.65 bits per heavy atom. The Bertz CT molecular complexity index is 963. The van der Waals surface area contributed by atoms with Gasteiger partial charge in [0, 0.05) is 17.1 Å². The van der Waals surface area contributed by atoms with Crippen molar-refractivity contribution in [3.63, 3.8) is 0 Å². The van der Waals surface area contributed by atoms with E-state index in [1.165, 1.54) is 6.21 Å². The summed E-state index contributed by atoms with van der Waals surface area (Å²) in [4.78, 5) is 23.6. The smallest absolute Gasteiger partial charge is 0.329 e. The van der Waals surface area contributed by atoms with Gasteiger partial charge in [-0.05, 0) is 28.5 Å². The second-order valence-electron chi connectivity index (χ2n) is 5.58. The van der Waals surface area contributed by atoms with E-state index in [1.807, 2.05) is 42.5 Å². The van der Waals surface area contributed by atoms with E-state index in [2.05, 4.69) is 15.8 Å². The number of hydrazone groups is 1. The Morgan fingerprint density at radius 3 is 2.46 bits per heavy atom. The van der Waals surface area contributed by atoms with Crippen LogP contribution in [0.1, 0.15) is 11.1 Å². The quantitative estimate of drug-likeness (QED) is 0.423. The normalized spacial score (nSPS) is 10.8. The molecule has 5 nitrogen and oxygen atoms in total. The van der Waals surface area contributed by atoms with Crippen LogP contribution in [0.3, 0.4) is 0 Å². The fourth-order valence-electron chi connectivity index (χ4n) is 2.44. The lowest BCUT2D eigenvalue weighted by molar-refractivity contribution is -0.139. The van der Waals surface area contributed by atoms with Crippen molar-refractivity contribution < 1.29 is 9.59 Å². The zero-order valence-corrected chi connectivity index (χ0v) is 14.5. The largest absolute Gasteiger partial charge is 0.344 e. The summed E-state index contributed by atoms with van der Waals surface area (Å²) in [5, 5.41) is 9.10. The Balaban J connectivity index is 1.56. The molecule has 0 heterocycles. The number of hydrogen-bond acceptors (Lipinski definition) is 3. The number of fused-ring (bicyclic) bond motifs is 1. The first kappa shape index (κ1) is 17.6. The number of amides is 2. The maximum Gasteiger partial charge on any atom is 0.329 e. The summed E-state index contributed by atoms with van der Waals surface area (Å²) in [6.07, 6.45) is 1.52. The third kappa shape index (κ3) is 4.46. The maximum atomic E-state index is 11.8. The summed E-state index contributed by atoms with van der Waals surface area (Å²) in [6, 6.07) is 20.6. The van der Waals surface area contributed by atoms with Crippen molar-refractivity contribution in [1.82, 2.24) is 10.7 Å². The highest BCUT2D eigenvalue weighted by Crippen LogP contribution is 2.16. The van der Waals surface area contributed by atoms with Gasteiger partial charge in [0.2, 0.25) is 0 Å². The van der Waals surface area contributed by atoms with Gasteiger partial charge in [-0.25, -0.2) is 5.43 Å². The first-order chi connectivity index (χ1) is 12.6. The second-order valence-corrected chi connectivity index (χ2v) is 6.01. The molecule has 0 aromatic heterocycles. The van der Waals surface area contributed by atoms with Crippen molar-refractivity contribution in [1.29, 1.82) is 0 Å². The predicted molar refractivity (Wildman–Crippen MR) is 103 cm³/mol. The van der Waals surface area contributed by atoms with Crippen LogP contribution in [-0.2, 0) is 16.1 Å². The molecule has 3 aromatic rings. The Labute approximate surface area is 155 Å². The lowest BCUT2D eigenvalue weighted by atomic mass is 10.1. The fraction of sp³-hybridized carbons (Fsp3) is 0.0500. The summed E-state index contributed by atoms with van der Waals surface area (Å²) in [7, 11) is 0. The van der Waals surface area contributed by atoms with Crippen LogP contribution in [0.4, 0.5) is 0 Å². The highest BCUT2D eigenvalue weighted by Gasteiger charge is 2.11. The zero-order valence-electron chi connectivity index (χ0n) is 13.8. The number of nitrogens with zero attached hydrogens (tertiary/aromatic N) is 1. The average Bonchev–Trinajstić information content (AvgIpc) is 2.67. The molecule has 0 spiro atoms. The molecular formula is C20H16ClN3O2. The molecule has 130 valence electrons. The van der Waals surface area contributed by atoms with Crippen LogP contribution < -0.4 is 10.7 Å². The van der Waals surface area contributed by atoms with E-state index in [9.17, 15) is 9.59 Å². The summed E-state index contributed by atoms with van der Waals surface area (Å²) in [6.45, 7) is 0.233. The molecule has 2 amide bonds. The third-order valence-electron chi connectivity index (χ3n) is 3.77. The van der Waals surface area contributed by atoms with Gasteiger partial charge in [-0.15, -0.1) is 0 Å². The van der Waals surface area contributed by atoms with E-state index >= 15 is 0 Å². The van der Waals surface area contributed by atoms with Crippen molar-refractivity contribution in [3.05, 3.63) is 82.9 Å². The van der Waals surface area contributed by atoms with E-state index in [0.29, 0.717) is 5.02 Å². The monoisotopic (exact) mass is 365 g/mol. The van der Waals surface area contributed by atoms with Crippen molar-refractivity contribution in [2.45, 2.75) is 6.54 Å². The SMILES string of the molecule is O=C(NCc1ccc(Cl)cc1)C(=O)N/N=C\c1cccc2ccccc12. The lowest BCUT2D eigenvalue weighted by Gasteiger charge is -2.04. The molecule has 26 heavy (non-hydrogen) atoms. The van der Waals surface area contributed by atoms with Crippen LogP contribution in [0.2, 0.25) is 5.02 Å². The molecule has 0 fully saturated rings. The second kappa shape index (κ2) is 8.27. The first-order valence-electron chi connectivity index (χ1n) is 7.97. The molecule has 0 radical (unpaired) electrons. The molecule has 0 aliphatic heterocycles. The molecule has 6 heteroatoms. The van der Waals surface area contributed by atoms with Gasteiger partial charge in [0.1, 0.15) is 0 Å². The highest BCUT2D eigenvalue weighted by molar-refractivity contribution is 6.35. The number of nitrogens with one attached hydrogen (secondary N) is 2. The molecule has 0 saturated heterocycles. The molecule has 3 rings (SSSR count). The van der Waals surface area contributed by atoms with Gasteiger partial charge in [0.15, 0.2) is 0 Å². The molecule has 3 aromatic carbocycles. The van der Waals surface area contributed by atoms with E-state index in [-0.39, 0.29) is 6.54 Å². The number of carbonyl (C=O) groups excluding carboxylic acids is 2. The topological polar surface area (TPSA) is 70.6 Å². The number of carbonyl (C=O) groups is 2. The van der Waals surface area contributed by atoms with Crippen molar-refractivity contribution >= 4 is 40.4 Å². The summed E-state index contributed by atoms with van der Waals surface area (Å²) < 4.78 is 0. The van der Waals surface area contributed by atoms with Crippen LogP contribution in [0.25, 0.3) is 10.8 Å². The van der Waals surface area contributed by atoms with Crippen LogP contribution in [-0.4, -0.2) is 18.0 Å². The highest BCUT2D eigenvalue weighted by atomic mass is 35.5. The molecule has 0 bridgehead atoms. The Morgan fingerprint density at radius 1 is 0.923 bits per heavy atom. The maximum absolute atomic E-state index is 11.8. The van der Waals surface area contributed by atoms with Gasteiger partial charge in [-0.1, -0.05) is 66.2 Å². The summed E-state index contributed by atoms with van der Waals surface area (Å²) >= 11 is 5.80. The first-order valence-corrected chi connectivity index (χ1v) is 8.35. The van der Waals surface area contributed by atoms with Crippen LogP contribution >= 0.6 is 11.6 Å². The fourth-order valence-corrected chi connectivity index (χ4v) is 2.57. The molecule has 0 aliphatic carbocycles. The predicted octanol–water partition coefficient (Wildman–Crippen LogP) is 3.26. The van der Waals surface area contributed by atoms with Crippen molar-refractivity contribution in [3.8, 4) is 0 Å². The molecule has 0 aliphatic rings.